The van der Waals surface area contributed by atoms with Crippen molar-refractivity contribution in [3.63, 3.8) is 0 Å². The van der Waals surface area contributed by atoms with Gasteiger partial charge in [0.2, 0.25) is 5.91 Å². The van der Waals surface area contributed by atoms with E-state index in [0.717, 1.165) is 32.1 Å². The van der Waals surface area contributed by atoms with E-state index in [1.54, 1.807) is 0 Å². The van der Waals surface area contributed by atoms with Gasteiger partial charge in [0.05, 0.1) is 6.10 Å². The monoisotopic (exact) mass is 401 g/mol. The van der Waals surface area contributed by atoms with E-state index < -0.39 is 5.97 Å². The summed E-state index contributed by atoms with van der Waals surface area (Å²) in [7, 11) is 0. The van der Waals surface area contributed by atoms with Crippen LogP contribution in [0.2, 0.25) is 0 Å². The lowest BCUT2D eigenvalue weighted by Crippen LogP contribution is -2.34. The maximum absolute atomic E-state index is 12.2. The van der Waals surface area contributed by atoms with E-state index in [4.69, 9.17) is 5.11 Å². The number of allylic oxidation sites excluding steroid dienone is 1. The molecule has 29 heavy (non-hydrogen) atoms. The lowest BCUT2D eigenvalue weighted by atomic mass is 9.92. The predicted molar refractivity (Wildman–Crippen MR) is 115 cm³/mol. The Labute approximate surface area is 174 Å². The number of aliphatic hydroxyl groups is 1. The van der Waals surface area contributed by atoms with Crippen LogP contribution < -0.4 is 0 Å². The first kappa shape index (κ1) is 23.1. The number of carboxylic acids is 1. The van der Waals surface area contributed by atoms with E-state index in [1.165, 1.54) is 5.56 Å². The lowest BCUT2D eigenvalue weighted by molar-refractivity contribution is -0.137. The molecule has 160 valence electrons. The predicted octanol–water partition coefficient (Wildman–Crippen LogP) is 4.20. The summed E-state index contributed by atoms with van der Waals surface area (Å²) in [6.07, 6.45) is 10.0. The minimum Gasteiger partial charge on any atom is -0.481 e. The largest absolute Gasteiger partial charge is 0.481 e. The molecule has 0 unspecified atom stereocenters. The number of aliphatic carboxylic acids is 1. The molecule has 1 aromatic rings. The van der Waals surface area contributed by atoms with E-state index >= 15 is 0 Å². The summed E-state index contributed by atoms with van der Waals surface area (Å²) in [5, 5.41) is 19.2. The number of aryl methyl sites for hydroxylation is 1. The van der Waals surface area contributed by atoms with Crippen molar-refractivity contribution in [1.82, 2.24) is 4.90 Å². The zero-order valence-corrected chi connectivity index (χ0v) is 17.5. The van der Waals surface area contributed by atoms with Gasteiger partial charge in [0.15, 0.2) is 0 Å². The Bertz CT molecular complexity index is 658. The van der Waals surface area contributed by atoms with E-state index in [0.29, 0.717) is 25.8 Å². The van der Waals surface area contributed by atoms with Crippen LogP contribution in [0.25, 0.3) is 0 Å². The highest BCUT2D eigenvalue weighted by Crippen LogP contribution is 2.25. The van der Waals surface area contributed by atoms with Gasteiger partial charge in [0, 0.05) is 25.4 Å². The highest BCUT2D eigenvalue weighted by atomic mass is 16.4. The molecule has 1 aromatic carbocycles. The quantitative estimate of drug-likeness (QED) is 0.384. The average molecular weight is 402 g/mol. The lowest BCUT2D eigenvalue weighted by Gasteiger charge is -2.26. The molecule has 1 saturated heterocycles. The number of carbonyl (C=O) groups excluding carboxylic acids is 1. The fourth-order valence-corrected chi connectivity index (χ4v) is 3.90. The first-order valence-electron chi connectivity index (χ1n) is 10.9. The van der Waals surface area contributed by atoms with E-state index in [9.17, 15) is 14.7 Å². The number of unbranched alkanes of at least 4 members (excludes halogenated alkanes) is 1. The van der Waals surface area contributed by atoms with Crippen LogP contribution in [-0.2, 0) is 16.0 Å². The number of rotatable bonds is 13. The molecule has 0 aliphatic carbocycles. The van der Waals surface area contributed by atoms with Crippen LogP contribution in [-0.4, -0.2) is 45.7 Å². The SMILES string of the molecule is C[C@@H](CCc1ccccc1)[C@H](O)CC[C@H]1CCC(=O)N1CC=CCCCC(=O)O. The molecule has 1 heterocycles. The van der Waals surface area contributed by atoms with Gasteiger partial charge in [-0.2, -0.15) is 0 Å². The third-order valence-electron chi connectivity index (χ3n) is 5.87. The van der Waals surface area contributed by atoms with Crippen molar-refractivity contribution < 1.29 is 19.8 Å². The molecule has 0 aromatic heterocycles. The van der Waals surface area contributed by atoms with Crippen LogP contribution in [0.1, 0.15) is 63.9 Å². The number of likely N-dealkylation sites (tertiary alicyclic amines) is 1. The van der Waals surface area contributed by atoms with Crippen molar-refractivity contribution >= 4 is 11.9 Å². The van der Waals surface area contributed by atoms with Gasteiger partial charge in [-0.3, -0.25) is 9.59 Å². The van der Waals surface area contributed by atoms with Crippen molar-refractivity contribution in [2.45, 2.75) is 76.9 Å². The van der Waals surface area contributed by atoms with Crippen LogP contribution in [0.15, 0.2) is 42.5 Å². The molecule has 5 nitrogen and oxygen atoms in total. The summed E-state index contributed by atoms with van der Waals surface area (Å²) in [5.41, 5.74) is 1.30. The van der Waals surface area contributed by atoms with Gasteiger partial charge in [0.25, 0.3) is 0 Å². The fraction of sp³-hybridized carbons (Fsp3) is 0.583. The summed E-state index contributed by atoms with van der Waals surface area (Å²) in [4.78, 5) is 24.6. The summed E-state index contributed by atoms with van der Waals surface area (Å²) in [5.74, 6) is -0.364. The summed E-state index contributed by atoms with van der Waals surface area (Å²) < 4.78 is 0. The van der Waals surface area contributed by atoms with Crippen molar-refractivity contribution in [2.24, 2.45) is 5.92 Å². The van der Waals surface area contributed by atoms with Crippen LogP contribution >= 0.6 is 0 Å². The number of hydrogen-bond donors (Lipinski definition) is 2. The maximum atomic E-state index is 12.2. The highest BCUT2D eigenvalue weighted by Gasteiger charge is 2.30. The topological polar surface area (TPSA) is 77.8 Å². The van der Waals surface area contributed by atoms with E-state index in [-0.39, 0.29) is 30.4 Å². The Balaban J connectivity index is 1.70. The molecule has 3 atom stereocenters. The Morgan fingerprint density at radius 1 is 1.24 bits per heavy atom. The standard InChI is InChI=1S/C24H35NO4/c1-19(12-13-20-9-5-4-6-10-20)22(26)16-14-21-15-17-23(27)25(21)18-8-3-2-7-11-24(28)29/h3-6,8-10,19,21-22,26H,2,7,11-18H2,1H3,(H,28,29)/t19-,21-,22+/m0/s1. The minimum absolute atomic E-state index is 0.177. The number of amides is 1. The number of benzene rings is 1. The smallest absolute Gasteiger partial charge is 0.303 e. The Kier molecular flexibility index (Phi) is 9.92. The first-order valence-corrected chi connectivity index (χ1v) is 10.9. The highest BCUT2D eigenvalue weighted by molar-refractivity contribution is 5.78. The molecule has 0 radical (unpaired) electrons. The number of hydrogen-bond acceptors (Lipinski definition) is 3. The van der Waals surface area contributed by atoms with Gasteiger partial charge >= 0.3 is 5.97 Å². The van der Waals surface area contributed by atoms with Crippen molar-refractivity contribution in [3.05, 3.63) is 48.0 Å². The fourth-order valence-electron chi connectivity index (χ4n) is 3.90. The van der Waals surface area contributed by atoms with Crippen LogP contribution in [0, 0.1) is 5.92 Å². The zero-order valence-electron chi connectivity index (χ0n) is 17.5. The minimum atomic E-state index is -0.773. The molecule has 0 spiro atoms. The van der Waals surface area contributed by atoms with Gasteiger partial charge in [-0.05, 0) is 56.4 Å². The average Bonchev–Trinajstić information content (AvgIpc) is 3.07. The first-order chi connectivity index (χ1) is 14.0. The second-order valence-corrected chi connectivity index (χ2v) is 8.14. The third-order valence-corrected chi connectivity index (χ3v) is 5.87. The Morgan fingerprint density at radius 3 is 2.72 bits per heavy atom. The Morgan fingerprint density at radius 2 is 2.00 bits per heavy atom. The van der Waals surface area contributed by atoms with Gasteiger partial charge in [0.1, 0.15) is 0 Å². The normalized spacial score (nSPS) is 19.0. The number of carbonyl (C=O) groups is 2. The molecular weight excluding hydrogens is 366 g/mol. The second-order valence-electron chi connectivity index (χ2n) is 8.14. The van der Waals surface area contributed by atoms with E-state index in [1.807, 2.05) is 35.3 Å². The van der Waals surface area contributed by atoms with Crippen LogP contribution in [0.4, 0.5) is 0 Å². The molecular formula is C24H35NO4. The Hall–Kier alpha value is -2.14. The zero-order chi connectivity index (χ0) is 21.1. The van der Waals surface area contributed by atoms with Gasteiger partial charge in [-0.1, -0.05) is 49.4 Å². The van der Waals surface area contributed by atoms with Gasteiger partial charge < -0.3 is 15.1 Å². The second kappa shape index (κ2) is 12.4. The molecule has 1 fully saturated rings. The molecule has 0 saturated carbocycles. The van der Waals surface area contributed by atoms with E-state index in [2.05, 4.69) is 19.1 Å². The summed E-state index contributed by atoms with van der Waals surface area (Å²) >= 11 is 0. The van der Waals surface area contributed by atoms with Gasteiger partial charge in [-0.25, -0.2) is 0 Å². The summed E-state index contributed by atoms with van der Waals surface area (Å²) in [6, 6.07) is 10.5. The molecule has 2 rings (SSSR count). The van der Waals surface area contributed by atoms with Crippen molar-refractivity contribution in [1.29, 1.82) is 0 Å². The molecule has 1 amide bonds. The molecule has 0 bridgehead atoms. The van der Waals surface area contributed by atoms with Crippen LogP contribution in [0.3, 0.4) is 0 Å². The van der Waals surface area contributed by atoms with Gasteiger partial charge in [-0.15, -0.1) is 0 Å². The maximum Gasteiger partial charge on any atom is 0.303 e. The molecule has 5 heteroatoms. The molecule has 1 aliphatic rings. The summed E-state index contributed by atoms with van der Waals surface area (Å²) in [6.45, 7) is 2.68. The van der Waals surface area contributed by atoms with Crippen LogP contribution in [0.5, 0.6) is 0 Å². The number of carboxylic acid groups (broad SMARTS) is 1. The number of aliphatic hydroxyl groups excluding tert-OH is 1. The third kappa shape index (κ3) is 8.40. The van der Waals surface area contributed by atoms with Crippen molar-refractivity contribution in [3.8, 4) is 0 Å². The molecule has 2 N–H and O–H groups in total. The number of nitrogens with zero attached hydrogens (tertiary/aromatic N) is 1. The molecule has 1 aliphatic heterocycles. The van der Waals surface area contributed by atoms with Crippen molar-refractivity contribution in [2.75, 3.05) is 6.54 Å².